The van der Waals surface area contributed by atoms with Gasteiger partial charge in [-0.15, -0.1) is 0 Å². The van der Waals surface area contributed by atoms with Crippen molar-refractivity contribution in [1.82, 2.24) is 25.2 Å². The lowest BCUT2D eigenvalue weighted by atomic mass is 9.99. The highest BCUT2D eigenvalue weighted by atomic mass is 32.2. The number of hydrogen-bond donors (Lipinski definition) is 3. The van der Waals surface area contributed by atoms with Gasteiger partial charge >= 0.3 is 6.03 Å². The molecule has 2 atom stereocenters. The second-order valence-electron chi connectivity index (χ2n) is 9.55. The van der Waals surface area contributed by atoms with Crippen molar-refractivity contribution in [1.29, 1.82) is 0 Å². The Morgan fingerprint density at radius 1 is 1.41 bits per heavy atom. The third-order valence-electron chi connectivity index (χ3n) is 5.43. The van der Waals surface area contributed by atoms with Gasteiger partial charge in [0.1, 0.15) is 17.6 Å². The zero-order valence-corrected chi connectivity index (χ0v) is 21.0. The lowest BCUT2D eigenvalue weighted by molar-refractivity contribution is 0.0899. The topological polar surface area (TPSA) is 127 Å². The summed E-state index contributed by atoms with van der Waals surface area (Å²) in [6.07, 6.45) is 6.06. The van der Waals surface area contributed by atoms with Crippen LogP contribution in [0.25, 0.3) is 11.2 Å². The van der Waals surface area contributed by atoms with Gasteiger partial charge in [0.15, 0.2) is 21.3 Å². The van der Waals surface area contributed by atoms with E-state index in [2.05, 4.69) is 45.6 Å². The number of carbonyl (C=O) groups is 1. The first-order valence-corrected chi connectivity index (χ1v) is 16.6. The number of urea groups is 1. The van der Waals surface area contributed by atoms with Gasteiger partial charge in [-0.05, 0) is 31.5 Å². The number of rotatable bonds is 9. The van der Waals surface area contributed by atoms with Crippen LogP contribution in [0.5, 0.6) is 0 Å². The number of anilines is 1. The van der Waals surface area contributed by atoms with Crippen LogP contribution in [0, 0.1) is 5.92 Å². The van der Waals surface area contributed by atoms with Crippen molar-refractivity contribution in [2.24, 2.45) is 5.92 Å². The summed E-state index contributed by atoms with van der Waals surface area (Å²) < 4.78 is 32.1. The molecule has 3 heterocycles. The molecule has 10 nitrogen and oxygen atoms in total. The van der Waals surface area contributed by atoms with E-state index in [1.54, 1.807) is 6.07 Å². The van der Waals surface area contributed by atoms with Crippen LogP contribution in [0.15, 0.2) is 18.5 Å². The summed E-state index contributed by atoms with van der Waals surface area (Å²) in [5.41, 5.74) is 1.28. The van der Waals surface area contributed by atoms with Crippen molar-refractivity contribution >= 4 is 40.9 Å². The molecular weight excluding hydrogens is 448 g/mol. The van der Waals surface area contributed by atoms with Crippen molar-refractivity contribution in [3.8, 4) is 0 Å². The molecule has 1 fully saturated rings. The molecule has 1 aliphatic heterocycles. The minimum absolute atomic E-state index is 0.173. The first-order valence-electron chi connectivity index (χ1n) is 10.9. The number of fused-ring (bicyclic) bond motifs is 1. The number of aromatic nitrogens is 3. The third-order valence-corrected chi connectivity index (χ3v) is 8.56. The minimum atomic E-state index is -3.47. The quantitative estimate of drug-likeness (QED) is 0.369. The number of nitrogens with zero attached hydrogens (tertiary/aromatic N) is 3. The summed E-state index contributed by atoms with van der Waals surface area (Å²) in [6, 6.07) is 2.28. The fraction of sp³-hybridized carbons (Fsp3) is 0.650. The Bertz CT molecular complexity index is 1030. The molecule has 0 radical (unpaired) electrons. The van der Waals surface area contributed by atoms with Crippen LogP contribution in [0.1, 0.15) is 12.8 Å². The molecule has 0 aliphatic carbocycles. The smallest absolute Gasteiger partial charge is 0.321 e. The van der Waals surface area contributed by atoms with Crippen LogP contribution >= 0.6 is 0 Å². The molecule has 178 valence electrons. The van der Waals surface area contributed by atoms with E-state index in [0.717, 1.165) is 31.7 Å². The number of piperidine rings is 1. The first kappa shape index (κ1) is 24.6. The molecule has 1 aliphatic rings. The van der Waals surface area contributed by atoms with E-state index >= 15 is 0 Å². The lowest BCUT2D eigenvalue weighted by Gasteiger charge is -2.30. The van der Waals surface area contributed by atoms with Crippen LogP contribution in [0.4, 0.5) is 10.6 Å². The van der Waals surface area contributed by atoms with Gasteiger partial charge in [-0.1, -0.05) is 19.6 Å². The molecule has 2 unspecified atom stereocenters. The molecule has 32 heavy (non-hydrogen) atoms. The zero-order chi connectivity index (χ0) is 23.4. The molecule has 2 aromatic rings. The van der Waals surface area contributed by atoms with Crippen LogP contribution in [-0.2, 0) is 21.3 Å². The van der Waals surface area contributed by atoms with Gasteiger partial charge in [-0.3, -0.25) is 5.32 Å². The Hall–Kier alpha value is -2.02. The summed E-state index contributed by atoms with van der Waals surface area (Å²) in [6.45, 7) is 9.43. The number of ether oxygens (including phenoxy) is 1. The lowest BCUT2D eigenvalue weighted by Crippen LogP contribution is -2.51. The molecule has 1 saturated heterocycles. The average Bonchev–Trinajstić information content (AvgIpc) is 3.11. The summed E-state index contributed by atoms with van der Waals surface area (Å²) in [5, 5.41) is 7.45. The molecule has 3 N–H and O–H groups in total. The van der Waals surface area contributed by atoms with Crippen molar-refractivity contribution in [2.45, 2.75) is 50.6 Å². The zero-order valence-electron chi connectivity index (χ0n) is 19.2. The summed E-state index contributed by atoms with van der Waals surface area (Å²) >= 11 is 0. The predicted molar refractivity (Wildman–Crippen MR) is 128 cm³/mol. The van der Waals surface area contributed by atoms with Gasteiger partial charge in [0, 0.05) is 39.6 Å². The highest BCUT2D eigenvalue weighted by Gasteiger charge is 2.32. The molecule has 0 aromatic carbocycles. The van der Waals surface area contributed by atoms with Gasteiger partial charge in [0.25, 0.3) is 0 Å². The monoisotopic (exact) mass is 482 g/mol. The summed E-state index contributed by atoms with van der Waals surface area (Å²) in [7, 11) is -4.61. The SMILES string of the molecule is C[Si](C)(C)CCOCn1ccc2nc(NC(=O)NC(C3CCCNC3)S(C)(=O)=O)cnc21. The maximum absolute atomic E-state index is 12.5. The van der Waals surface area contributed by atoms with Gasteiger partial charge in [0.05, 0.1) is 6.20 Å². The van der Waals surface area contributed by atoms with Crippen LogP contribution < -0.4 is 16.0 Å². The van der Waals surface area contributed by atoms with Crippen molar-refractivity contribution in [2.75, 3.05) is 31.3 Å². The van der Waals surface area contributed by atoms with Gasteiger partial charge in [0.2, 0.25) is 0 Å². The van der Waals surface area contributed by atoms with E-state index in [1.807, 2.05) is 10.8 Å². The second-order valence-corrected chi connectivity index (χ2v) is 17.3. The molecule has 0 bridgehead atoms. The Labute approximate surface area is 190 Å². The van der Waals surface area contributed by atoms with Crippen molar-refractivity contribution < 1.29 is 17.9 Å². The van der Waals surface area contributed by atoms with E-state index < -0.39 is 29.3 Å². The number of carbonyl (C=O) groups excluding carboxylic acids is 1. The van der Waals surface area contributed by atoms with Crippen molar-refractivity contribution in [3.05, 3.63) is 18.5 Å². The average molecular weight is 483 g/mol. The normalized spacial score (nSPS) is 18.4. The standard InChI is InChI=1S/C20H34N6O4SSi/c1-31(28,29)19(15-6-5-8-21-12-15)25-20(27)24-17-13-22-18-16(23-17)7-9-26(18)14-30-10-11-32(2,3)4/h7,9,13,15,19,21H,5-6,8,10-12,14H2,1-4H3,(H2,23,24,25,27). The van der Waals surface area contributed by atoms with Crippen LogP contribution in [0.2, 0.25) is 25.7 Å². The third kappa shape index (κ3) is 6.99. The molecule has 12 heteroatoms. The number of sulfone groups is 1. The van der Waals surface area contributed by atoms with Crippen LogP contribution in [0.3, 0.4) is 0 Å². The van der Waals surface area contributed by atoms with E-state index in [0.29, 0.717) is 31.0 Å². The van der Waals surface area contributed by atoms with Gasteiger partial charge in [-0.2, -0.15) is 0 Å². The Kier molecular flexibility index (Phi) is 7.91. The summed E-state index contributed by atoms with van der Waals surface area (Å²) in [4.78, 5) is 21.3. The molecule has 2 amide bonds. The number of nitrogens with one attached hydrogen (secondary N) is 3. The van der Waals surface area contributed by atoms with Crippen LogP contribution in [-0.4, -0.2) is 68.4 Å². The molecule has 0 spiro atoms. The molecular formula is C20H34N6O4SSi. The highest BCUT2D eigenvalue weighted by Crippen LogP contribution is 2.19. The maximum atomic E-state index is 12.5. The fourth-order valence-corrected chi connectivity index (χ4v) is 5.67. The number of hydrogen-bond acceptors (Lipinski definition) is 7. The van der Waals surface area contributed by atoms with E-state index in [9.17, 15) is 13.2 Å². The Morgan fingerprint density at radius 3 is 2.84 bits per heavy atom. The number of amides is 2. The van der Waals surface area contributed by atoms with E-state index in [-0.39, 0.29) is 11.7 Å². The highest BCUT2D eigenvalue weighted by molar-refractivity contribution is 7.91. The molecule has 0 saturated carbocycles. The van der Waals surface area contributed by atoms with Gasteiger partial charge < -0.3 is 19.9 Å². The predicted octanol–water partition coefficient (Wildman–Crippen LogP) is 2.24. The maximum Gasteiger partial charge on any atom is 0.321 e. The molecule has 2 aromatic heterocycles. The molecule has 3 rings (SSSR count). The van der Waals surface area contributed by atoms with Gasteiger partial charge in [-0.25, -0.2) is 23.2 Å². The van der Waals surface area contributed by atoms with E-state index in [1.165, 1.54) is 6.20 Å². The largest absolute Gasteiger partial charge is 0.361 e. The fourth-order valence-electron chi connectivity index (χ4n) is 3.66. The minimum Gasteiger partial charge on any atom is -0.361 e. The first-order chi connectivity index (χ1) is 15.0. The second kappa shape index (κ2) is 10.3. The summed E-state index contributed by atoms with van der Waals surface area (Å²) in [5.74, 6) is 0.0782. The Balaban J connectivity index is 1.61. The van der Waals surface area contributed by atoms with Crippen molar-refractivity contribution in [3.63, 3.8) is 0 Å². The Morgan fingerprint density at radius 2 is 2.19 bits per heavy atom. The van der Waals surface area contributed by atoms with E-state index in [4.69, 9.17) is 4.74 Å².